The number of ether oxygens (including phenoxy) is 2. The average Bonchev–Trinajstić information content (AvgIpc) is 3.23. The van der Waals surface area contributed by atoms with Crippen molar-refractivity contribution in [2.75, 3.05) is 19.5 Å². The van der Waals surface area contributed by atoms with Gasteiger partial charge in [-0.1, -0.05) is 12.1 Å². The maximum Gasteiger partial charge on any atom is 0.269 e. The molecule has 1 heterocycles. The van der Waals surface area contributed by atoms with Gasteiger partial charge in [0.15, 0.2) is 16.6 Å². The Morgan fingerprint density at radius 2 is 1.75 bits per heavy atom. The Balaban J connectivity index is 1.52. The van der Waals surface area contributed by atoms with Crippen LogP contribution in [0.4, 0.5) is 9.52 Å². The maximum atomic E-state index is 13.7. The Bertz CT molecular complexity index is 1150. The summed E-state index contributed by atoms with van der Waals surface area (Å²) in [7, 11) is 2.93. The maximum absolute atomic E-state index is 13.7. The Labute approximate surface area is 186 Å². The van der Waals surface area contributed by atoms with Crippen LogP contribution in [0, 0.1) is 5.82 Å². The van der Waals surface area contributed by atoms with Gasteiger partial charge in [0.05, 0.1) is 31.9 Å². The summed E-state index contributed by atoms with van der Waals surface area (Å²) in [5.74, 6) is -1.51. The van der Waals surface area contributed by atoms with Gasteiger partial charge in [0.25, 0.3) is 11.8 Å². The molecule has 0 aliphatic rings. The van der Waals surface area contributed by atoms with E-state index in [1.165, 1.54) is 44.6 Å². The minimum Gasteiger partial charge on any atom is -0.493 e. The molecular weight excluding hydrogens is 439 g/mol. The number of thiazole rings is 1. The number of rotatable bonds is 7. The number of benzene rings is 2. The average molecular weight is 458 g/mol. The first-order valence-corrected chi connectivity index (χ1v) is 10.1. The van der Waals surface area contributed by atoms with Crippen molar-refractivity contribution in [3.63, 3.8) is 0 Å². The van der Waals surface area contributed by atoms with E-state index in [9.17, 15) is 18.8 Å². The molecule has 0 aliphatic heterocycles. The fourth-order valence-electron chi connectivity index (χ4n) is 2.64. The molecule has 3 N–H and O–H groups in total. The molecule has 0 saturated heterocycles. The van der Waals surface area contributed by atoms with E-state index in [1.54, 1.807) is 17.5 Å². The standard InChI is InChI=1S/C21H19FN4O5S/c1-30-16-8-7-12(9-17(16)31-2)19(28)26-25-18(27)10-13-11-32-21(23-13)24-20(29)14-5-3-4-6-15(14)22/h3-9,11H,10H2,1-2H3,(H,25,27)(H,26,28)(H,23,24,29). The fraction of sp³-hybridized carbons (Fsp3) is 0.143. The lowest BCUT2D eigenvalue weighted by atomic mass is 10.2. The van der Waals surface area contributed by atoms with Gasteiger partial charge < -0.3 is 9.47 Å². The van der Waals surface area contributed by atoms with Crippen LogP contribution in [0.5, 0.6) is 11.5 Å². The van der Waals surface area contributed by atoms with Crippen molar-refractivity contribution in [1.82, 2.24) is 15.8 Å². The predicted octanol–water partition coefficient (Wildman–Crippen LogP) is 2.56. The molecule has 166 valence electrons. The molecule has 0 atom stereocenters. The molecule has 3 amide bonds. The van der Waals surface area contributed by atoms with Crippen molar-refractivity contribution in [3.05, 3.63) is 70.5 Å². The molecule has 2 aromatic carbocycles. The molecule has 0 bridgehead atoms. The zero-order valence-corrected chi connectivity index (χ0v) is 17.9. The molecule has 3 rings (SSSR count). The van der Waals surface area contributed by atoms with Crippen molar-refractivity contribution < 1.29 is 28.2 Å². The highest BCUT2D eigenvalue weighted by atomic mass is 32.1. The normalized spacial score (nSPS) is 10.2. The first kappa shape index (κ1) is 22.7. The molecular formula is C21H19FN4O5S. The number of amides is 3. The van der Waals surface area contributed by atoms with Gasteiger partial charge in [-0.15, -0.1) is 11.3 Å². The van der Waals surface area contributed by atoms with E-state index in [0.29, 0.717) is 17.2 Å². The molecule has 0 spiro atoms. The van der Waals surface area contributed by atoms with E-state index in [1.807, 2.05) is 0 Å². The smallest absolute Gasteiger partial charge is 0.269 e. The zero-order valence-electron chi connectivity index (χ0n) is 17.1. The number of carbonyl (C=O) groups excluding carboxylic acids is 3. The minimum absolute atomic E-state index is 0.111. The van der Waals surface area contributed by atoms with Gasteiger partial charge in [0.2, 0.25) is 5.91 Å². The van der Waals surface area contributed by atoms with Gasteiger partial charge in [0, 0.05) is 10.9 Å². The first-order valence-electron chi connectivity index (χ1n) is 9.22. The number of methoxy groups -OCH3 is 2. The van der Waals surface area contributed by atoms with Gasteiger partial charge in [-0.05, 0) is 30.3 Å². The Morgan fingerprint density at radius 3 is 2.47 bits per heavy atom. The van der Waals surface area contributed by atoms with Crippen LogP contribution in [0.3, 0.4) is 0 Å². The Hall–Kier alpha value is -3.99. The lowest BCUT2D eigenvalue weighted by Gasteiger charge is -2.10. The van der Waals surface area contributed by atoms with Crippen molar-refractivity contribution in [2.24, 2.45) is 0 Å². The number of hydrogen-bond acceptors (Lipinski definition) is 7. The Kier molecular flexibility index (Phi) is 7.34. The number of anilines is 1. The molecule has 32 heavy (non-hydrogen) atoms. The van der Waals surface area contributed by atoms with Gasteiger partial charge in [-0.3, -0.25) is 30.6 Å². The predicted molar refractivity (Wildman–Crippen MR) is 115 cm³/mol. The van der Waals surface area contributed by atoms with Crippen molar-refractivity contribution in [1.29, 1.82) is 0 Å². The summed E-state index contributed by atoms with van der Waals surface area (Å²) in [6.45, 7) is 0. The molecule has 0 aliphatic carbocycles. The van der Waals surface area contributed by atoms with Crippen LogP contribution < -0.4 is 25.6 Å². The number of hydrogen-bond donors (Lipinski definition) is 3. The number of hydrazine groups is 1. The number of halogens is 1. The van der Waals surface area contributed by atoms with Crippen LogP contribution in [0.25, 0.3) is 0 Å². The van der Waals surface area contributed by atoms with Crippen molar-refractivity contribution in [2.45, 2.75) is 6.42 Å². The van der Waals surface area contributed by atoms with Gasteiger partial charge in [-0.25, -0.2) is 9.37 Å². The minimum atomic E-state index is -0.647. The van der Waals surface area contributed by atoms with Crippen molar-refractivity contribution >= 4 is 34.2 Å². The second-order valence-electron chi connectivity index (χ2n) is 6.33. The zero-order chi connectivity index (χ0) is 23.1. The van der Waals surface area contributed by atoms with E-state index in [4.69, 9.17) is 9.47 Å². The summed E-state index contributed by atoms with van der Waals surface area (Å²) in [6, 6.07) is 10.1. The summed E-state index contributed by atoms with van der Waals surface area (Å²) in [4.78, 5) is 40.6. The van der Waals surface area contributed by atoms with E-state index >= 15 is 0 Å². The summed E-state index contributed by atoms with van der Waals surface area (Å²) in [6.07, 6.45) is -0.141. The topological polar surface area (TPSA) is 119 Å². The van der Waals surface area contributed by atoms with Crippen LogP contribution in [0.2, 0.25) is 0 Å². The second kappa shape index (κ2) is 10.4. The van der Waals surface area contributed by atoms with Crippen LogP contribution in [0.15, 0.2) is 47.8 Å². The summed E-state index contributed by atoms with van der Waals surface area (Å²) < 4.78 is 24.0. The third-order valence-corrected chi connectivity index (χ3v) is 5.00. The van der Waals surface area contributed by atoms with E-state index in [-0.39, 0.29) is 22.7 Å². The van der Waals surface area contributed by atoms with Crippen LogP contribution in [-0.2, 0) is 11.2 Å². The van der Waals surface area contributed by atoms with Crippen molar-refractivity contribution in [3.8, 4) is 11.5 Å². The SMILES string of the molecule is COc1ccc(C(=O)NNC(=O)Cc2csc(NC(=O)c3ccccc3F)n2)cc1OC. The highest BCUT2D eigenvalue weighted by Crippen LogP contribution is 2.27. The summed E-state index contributed by atoms with van der Waals surface area (Å²) in [5, 5.41) is 4.28. The molecule has 0 unspecified atom stereocenters. The van der Waals surface area contributed by atoms with Gasteiger partial charge in [0.1, 0.15) is 5.82 Å². The summed E-state index contributed by atoms with van der Waals surface area (Å²) in [5.41, 5.74) is 5.12. The van der Waals surface area contributed by atoms with Crippen LogP contribution >= 0.6 is 11.3 Å². The van der Waals surface area contributed by atoms with Gasteiger partial charge in [-0.2, -0.15) is 0 Å². The lowest BCUT2D eigenvalue weighted by molar-refractivity contribution is -0.121. The number of nitrogens with zero attached hydrogens (tertiary/aromatic N) is 1. The Morgan fingerprint density at radius 1 is 1.00 bits per heavy atom. The third kappa shape index (κ3) is 5.58. The molecule has 11 heteroatoms. The largest absolute Gasteiger partial charge is 0.493 e. The number of aromatic nitrogens is 1. The van der Waals surface area contributed by atoms with E-state index in [0.717, 1.165) is 11.3 Å². The first-order chi connectivity index (χ1) is 15.4. The van der Waals surface area contributed by atoms with Crippen LogP contribution in [0.1, 0.15) is 26.4 Å². The molecule has 3 aromatic rings. The molecule has 9 nitrogen and oxygen atoms in total. The third-order valence-electron chi connectivity index (χ3n) is 4.19. The second-order valence-corrected chi connectivity index (χ2v) is 7.18. The molecule has 0 radical (unpaired) electrons. The summed E-state index contributed by atoms with van der Waals surface area (Å²) >= 11 is 1.09. The highest BCUT2D eigenvalue weighted by Gasteiger charge is 2.15. The number of nitrogens with one attached hydrogen (secondary N) is 3. The van der Waals surface area contributed by atoms with E-state index < -0.39 is 23.5 Å². The number of carbonyl (C=O) groups is 3. The highest BCUT2D eigenvalue weighted by molar-refractivity contribution is 7.14. The molecule has 1 aromatic heterocycles. The van der Waals surface area contributed by atoms with E-state index in [2.05, 4.69) is 21.2 Å². The quantitative estimate of drug-likeness (QED) is 0.469. The molecule has 0 saturated carbocycles. The lowest BCUT2D eigenvalue weighted by Crippen LogP contribution is -2.42. The monoisotopic (exact) mass is 458 g/mol. The van der Waals surface area contributed by atoms with Gasteiger partial charge >= 0.3 is 0 Å². The fourth-order valence-corrected chi connectivity index (χ4v) is 3.35. The molecule has 0 fully saturated rings. The van der Waals surface area contributed by atoms with Crippen LogP contribution in [-0.4, -0.2) is 36.9 Å².